The van der Waals surface area contributed by atoms with E-state index < -0.39 is 6.69 Å². The molecule has 0 atom stereocenters. The molecule has 0 bridgehead atoms. The van der Waals surface area contributed by atoms with E-state index in [0.717, 1.165) is 9.69 Å². The number of thiophene rings is 1. The zero-order valence-electron chi connectivity index (χ0n) is 7.58. The predicted molar refractivity (Wildman–Crippen MR) is 72.5 cm³/mol. The third-order valence-corrected chi connectivity index (χ3v) is 9.50. The summed E-state index contributed by atoms with van der Waals surface area (Å²) in [5.41, 5.74) is 0. The first kappa shape index (κ1) is 11.5. The Morgan fingerprint density at radius 3 is 2.33 bits per heavy atom. The molecular formula is C10H7Cl3SSi. The highest BCUT2D eigenvalue weighted by atomic mass is 35.7. The molecule has 5 heteroatoms. The maximum atomic E-state index is 6.46. The van der Waals surface area contributed by atoms with Gasteiger partial charge in [-0.25, -0.2) is 0 Å². The molecule has 0 nitrogen and oxygen atoms in total. The van der Waals surface area contributed by atoms with Crippen molar-refractivity contribution in [2.75, 3.05) is 0 Å². The minimum Gasteiger partial charge on any atom is -0.150 e. The number of hydrogen-bond donors (Lipinski definition) is 0. The largest absolute Gasteiger partial charge is 0.321 e. The van der Waals surface area contributed by atoms with Gasteiger partial charge in [0.25, 0.3) is 0 Å². The fourth-order valence-corrected chi connectivity index (χ4v) is 7.17. The number of halogens is 3. The van der Waals surface area contributed by atoms with Crippen molar-refractivity contribution in [3.8, 4) is 0 Å². The van der Waals surface area contributed by atoms with E-state index in [4.69, 9.17) is 33.8 Å². The molecule has 2 aromatic rings. The lowest BCUT2D eigenvalue weighted by Crippen LogP contribution is -2.47. The summed E-state index contributed by atoms with van der Waals surface area (Å²) < 4.78 is 1.01. The maximum Gasteiger partial charge on any atom is 0.321 e. The standard InChI is InChI=1S/C10H7Cl3SSi/c11-8-4-1-2-5-9(8)15(12,13)10-6-3-7-14-10/h1-7H. The van der Waals surface area contributed by atoms with Crippen LogP contribution in [0.3, 0.4) is 0 Å². The molecule has 0 aliphatic heterocycles. The van der Waals surface area contributed by atoms with Gasteiger partial charge < -0.3 is 0 Å². The maximum absolute atomic E-state index is 6.46. The van der Waals surface area contributed by atoms with Gasteiger partial charge in [-0.05, 0) is 22.7 Å². The second-order valence-corrected chi connectivity index (χ2v) is 11.0. The van der Waals surface area contributed by atoms with Crippen LogP contribution in [0.2, 0.25) is 5.02 Å². The van der Waals surface area contributed by atoms with E-state index >= 15 is 0 Å². The van der Waals surface area contributed by atoms with Crippen LogP contribution in [0.25, 0.3) is 0 Å². The molecule has 1 aromatic carbocycles. The highest BCUT2D eigenvalue weighted by Gasteiger charge is 2.36. The van der Waals surface area contributed by atoms with Crippen LogP contribution in [-0.2, 0) is 0 Å². The van der Waals surface area contributed by atoms with Gasteiger partial charge >= 0.3 is 6.69 Å². The second kappa shape index (κ2) is 4.48. The van der Waals surface area contributed by atoms with Gasteiger partial charge in [0, 0.05) is 9.52 Å². The molecule has 1 aromatic heterocycles. The van der Waals surface area contributed by atoms with Gasteiger partial charge in [-0.15, -0.1) is 22.2 Å². The zero-order chi connectivity index (χ0) is 10.9. The van der Waals surface area contributed by atoms with E-state index in [1.807, 2.05) is 41.8 Å². The van der Waals surface area contributed by atoms with Gasteiger partial charge in [-0.1, -0.05) is 35.9 Å². The summed E-state index contributed by atoms with van der Waals surface area (Å²) in [4.78, 5) is 0. The van der Waals surface area contributed by atoms with Crippen LogP contribution in [0, 0.1) is 0 Å². The Hall–Kier alpha value is 0.00688. The molecular weight excluding hydrogens is 287 g/mol. The average molecular weight is 294 g/mol. The molecule has 0 radical (unpaired) electrons. The molecule has 78 valence electrons. The Balaban J connectivity index is 2.51. The number of rotatable bonds is 2. The zero-order valence-corrected chi connectivity index (χ0v) is 11.7. The van der Waals surface area contributed by atoms with Gasteiger partial charge in [-0.3, -0.25) is 0 Å². The molecule has 0 unspecified atom stereocenters. The first-order valence-electron chi connectivity index (χ1n) is 4.29. The van der Waals surface area contributed by atoms with Crippen molar-refractivity contribution < 1.29 is 0 Å². The summed E-state index contributed by atoms with van der Waals surface area (Å²) in [6, 6.07) is 11.4. The van der Waals surface area contributed by atoms with Crippen LogP contribution in [0.5, 0.6) is 0 Å². The van der Waals surface area contributed by atoms with Crippen molar-refractivity contribution in [1.82, 2.24) is 0 Å². The lowest BCUT2D eigenvalue weighted by Gasteiger charge is -2.16. The summed E-state index contributed by atoms with van der Waals surface area (Å²) in [5.74, 6) is 0. The SMILES string of the molecule is Clc1ccccc1[Si](Cl)(Cl)c1cccs1. The average Bonchev–Trinajstić information content (AvgIpc) is 2.71. The van der Waals surface area contributed by atoms with Gasteiger partial charge in [-0.2, -0.15) is 11.3 Å². The lowest BCUT2D eigenvalue weighted by atomic mass is 10.4. The minimum atomic E-state index is -2.62. The first-order chi connectivity index (χ1) is 7.12. The van der Waals surface area contributed by atoms with Gasteiger partial charge in [0.05, 0.1) is 0 Å². The highest BCUT2D eigenvalue weighted by molar-refractivity contribution is 7.61. The van der Waals surface area contributed by atoms with Gasteiger partial charge in [0.2, 0.25) is 0 Å². The molecule has 0 saturated heterocycles. The fraction of sp³-hybridized carbons (Fsp3) is 0. The Morgan fingerprint density at radius 2 is 1.73 bits per heavy atom. The number of hydrogen-bond acceptors (Lipinski definition) is 1. The van der Waals surface area contributed by atoms with E-state index in [2.05, 4.69) is 0 Å². The normalized spacial score (nSPS) is 11.7. The summed E-state index contributed by atoms with van der Waals surface area (Å²) >= 11 is 20.6. The van der Waals surface area contributed by atoms with Crippen LogP contribution >= 0.6 is 45.1 Å². The topological polar surface area (TPSA) is 0 Å². The molecule has 2 rings (SSSR count). The minimum absolute atomic E-state index is 0.641. The van der Waals surface area contributed by atoms with Crippen LogP contribution < -0.4 is 9.69 Å². The van der Waals surface area contributed by atoms with Crippen LogP contribution in [0.15, 0.2) is 41.8 Å². The molecule has 0 fully saturated rings. The van der Waals surface area contributed by atoms with E-state index in [9.17, 15) is 0 Å². The smallest absolute Gasteiger partial charge is 0.150 e. The Kier molecular flexibility index (Phi) is 3.43. The van der Waals surface area contributed by atoms with E-state index in [0.29, 0.717) is 5.02 Å². The van der Waals surface area contributed by atoms with Crippen LogP contribution in [0.1, 0.15) is 0 Å². The van der Waals surface area contributed by atoms with Crippen LogP contribution in [0.4, 0.5) is 0 Å². The Bertz CT molecular complexity index is 453. The third kappa shape index (κ3) is 2.24. The summed E-state index contributed by atoms with van der Waals surface area (Å²) in [6.07, 6.45) is 0. The Morgan fingerprint density at radius 1 is 1.00 bits per heavy atom. The van der Waals surface area contributed by atoms with Crippen molar-refractivity contribution in [3.63, 3.8) is 0 Å². The van der Waals surface area contributed by atoms with E-state index in [-0.39, 0.29) is 0 Å². The van der Waals surface area contributed by atoms with Crippen LogP contribution in [-0.4, -0.2) is 6.69 Å². The summed E-state index contributed by atoms with van der Waals surface area (Å²) in [5, 5.41) is 3.47. The molecule has 0 spiro atoms. The molecule has 0 N–H and O–H groups in total. The molecule has 15 heavy (non-hydrogen) atoms. The van der Waals surface area contributed by atoms with Crippen molar-refractivity contribution in [2.45, 2.75) is 0 Å². The molecule has 0 saturated carbocycles. The monoisotopic (exact) mass is 292 g/mol. The van der Waals surface area contributed by atoms with Gasteiger partial charge in [0.1, 0.15) is 0 Å². The third-order valence-electron chi connectivity index (χ3n) is 2.04. The second-order valence-electron chi connectivity index (χ2n) is 3.03. The number of benzene rings is 1. The van der Waals surface area contributed by atoms with Crippen molar-refractivity contribution in [3.05, 3.63) is 46.8 Å². The molecule has 0 aliphatic carbocycles. The van der Waals surface area contributed by atoms with Crippen molar-refractivity contribution in [1.29, 1.82) is 0 Å². The molecule has 0 aliphatic rings. The lowest BCUT2D eigenvalue weighted by molar-refractivity contribution is 1.76. The van der Waals surface area contributed by atoms with Gasteiger partial charge in [0.15, 0.2) is 0 Å². The predicted octanol–water partition coefficient (Wildman–Crippen LogP) is 3.44. The highest BCUT2D eigenvalue weighted by Crippen LogP contribution is 2.21. The molecule has 0 amide bonds. The fourth-order valence-electron chi connectivity index (χ4n) is 1.31. The van der Waals surface area contributed by atoms with Crippen molar-refractivity contribution >= 4 is 61.5 Å². The van der Waals surface area contributed by atoms with E-state index in [1.165, 1.54) is 0 Å². The quantitative estimate of drug-likeness (QED) is 0.588. The van der Waals surface area contributed by atoms with Crippen molar-refractivity contribution in [2.24, 2.45) is 0 Å². The summed E-state index contributed by atoms with van der Waals surface area (Å²) in [6.45, 7) is -2.62. The first-order valence-corrected chi connectivity index (χ1v) is 9.57. The molecule has 1 heterocycles. The summed E-state index contributed by atoms with van der Waals surface area (Å²) in [7, 11) is 0. The van der Waals surface area contributed by atoms with E-state index in [1.54, 1.807) is 11.3 Å². The Labute approximate surface area is 108 Å².